The van der Waals surface area contributed by atoms with Gasteiger partial charge in [0.1, 0.15) is 0 Å². The van der Waals surface area contributed by atoms with Crippen LogP contribution in [0.4, 0.5) is 0 Å². The summed E-state index contributed by atoms with van der Waals surface area (Å²) >= 11 is 5.50. The fourth-order valence-electron chi connectivity index (χ4n) is 1.95. The fraction of sp³-hybridized carbons (Fsp3) is 0.250. The molecule has 2 rings (SSSR count). The molecule has 1 nitrogen and oxygen atoms in total. The summed E-state index contributed by atoms with van der Waals surface area (Å²) < 4.78 is 1.16. The lowest BCUT2D eigenvalue weighted by molar-refractivity contribution is 0.965. The third-order valence-electron chi connectivity index (χ3n) is 2.91. The molecular weight excluding hydrogens is 318 g/mol. The maximum Gasteiger partial charge on any atom is 0.0314 e. The van der Waals surface area contributed by atoms with Gasteiger partial charge in [0.05, 0.1) is 0 Å². The number of thioether (sulfide) groups is 1. The van der Waals surface area contributed by atoms with Crippen LogP contribution in [0.25, 0.3) is 0 Å². The van der Waals surface area contributed by atoms with Crippen molar-refractivity contribution >= 4 is 27.7 Å². The molecule has 100 valence electrons. The number of hydrogen-bond donors (Lipinski definition) is 1. The predicted molar refractivity (Wildman–Crippen MR) is 87.6 cm³/mol. The van der Waals surface area contributed by atoms with E-state index in [1.54, 1.807) is 0 Å². The second kappa shape index (κ2) is 7.13. The molecule has 0 atom stereocenters. The summed E-state index contributed by atoms with van der Waals surface area (Å²) in [6.07, 6.45) is 0.932. The summed E-state index contributed by atoms with van der Waals surface area (Å²) in [5.41, 5.74) is 9.54. The molecule has 0 unspecified atom stereocenters. The number of aryl methyl sites for hydroxylation is 1. The smallest absolute Gasteiger partial charge is 0.0314 e. The highest BCUT2D eigenvalue weighted by Crippen LogP contribution is 2.31. The van der Waals surface area contributed by atoms with Crippen LogP contribution < -0.4 is 5.73 Å². The van der Waals surface area contributed by atoms with Crippen LogP contribution in [-0.4, -0.2) is 6.54 Å². The Kier molecular flexibility index (Phi) is 5.49. The lowest BCUT2D eigenvalue weighted by Gasteiger charge is -2.07. The first-order valence-corrected chi connectivity index (χ1v) is 8.14. The highest BCUT2D eigenvalue weighted by atomic mass is 79.9. The second-order valence-electron chi connectivity index (χ2n) is 4.58. The van der Waals surface area contributed by atoms with Gasteiger partial charge in [0.2, 0.25) is 0 Å². The molecule has 0 heterocycles. The standard InChI is InChI=1S/C16H18BrNS/c1-12-3-2-4-14(9-12)11-19-16-6-5-13(7-8-18)10-15(16)17/h2-6,9-10H,7-8,11,18H2,1H3. The molecule has 2 aromatic rings. The summed E-state index contributed by atoms with van der Waals surface area (Å²) in [5.74, 6) is 0.997. The van der Waals surface area contributed by atoms with Gasteiger partial charge in [0.15, 0.2) is 0 Å². The first kappa shape index (κ1) is 14.6. The lowest BCUT2D eigenvalue weighted by atomic mass is 10.1. The number of hydrogen-bond acceptors (Lipinski definition) is 2. The Morgan fingerprint density at radius 2 is 1.95 bits per heavy atom. The minimum atomic E-state index is 0.697. The van der Waals surface area contributed by atoms with Crippen molar-refractivity contribution in [2.45, 2.75) is 24.0 Å². The van der Waals surface area contributed by atoms with E-state index in [9.17, 15) is 0 Å². The zero-order valence-electron chi connectivity index (χ0n) is 11.0. The van der Waals surface area contributed by atoms with Crippen LogP contribution >= 0.6 is 27.7 Å². The fourth-order valence-corrected chi connectivity index (χ4v) is 3.58. The Labute approximate surface area is 127 Å². The molecule has 0 aromatic heterocycles. The topological polar surface area (TPSA) is 26.0 Å². The first-order chi connectivity index (χ1) is 9.19. The molecule has 19 heavy (non-hydrogen) atoms. The van der Waals surface area contributed by atoms with Gasteiger partial charge in [-0.25, -0.2) is 0 Å². The number of rotatable bonds is 5. The van der Waals surface area contributed by atoms with Gasteiger partial charge in [-0.05, 0) is 59.1 Å². The van der Waals surface area contributed by atoms with Crippen molar-refractivity contribution in [3.8, 4) is 0 Å². The van der Waals surface area contributed by atoms with E-state index in [2.05, 4.69) is 65.3 Å². The van der Waals surface area contributed by atoms with Gasteiger partial charge in [0.25, 0.3) is 0 Å². The normalized spacial score (nSPS) is 10.7. The maximum absolute atomic E-state index is 5.58. The summed E-state index contributed by atoms with van der Waals surface area (Å²) in [4.78, 5) is 1.28. The van der Waals surface area contributed by atoms with Gasteiger partial charge in [-0.15, -0.1) is 11.8 Å². The SMILES string of the molecule is Cc1cccc(CSc2ccc(CCN)cc2Br)c1. The molecule has 0 saturated carbocycles. The molecule has 0 fully saturated rings. The van der Waals surface area contributed by atoms with E-state index < -0.39 is 0 Å². The zero-order valence-corrected chi connectivity index (χ0v) is 13.4. The third-order valence-corrected chi connectivity index (χ3v) is 4.97. The number of halogens is 1. The molecule has 0 bridgehead atoms. The molecule has 2 N–H and O–H groups in total. The van der Waals surface area contributed by atoms with E-state index in [0.717, 1.165) is 16.6 Å². The summed E-state index contributed by atoms with van der Waals surface area (Å²) in [5, 5.41) is 0. The van der Waals surface area contributed by atoms with Crippen LogP contribution in [-0.2, 0) is 12.2 Å². The molecule has 0 aliphatic carbocycles. The minimum Gasteiger partial charge on any atom is -0.330 e. The van der Waals surface area contributed by atoms with Gasteiger partial charge in [-0.2, -0.15) is 0 Å². The molecule has 0 spiro atoms. The van der Waals surface area contributed by atoms with Crippen LogP contribution in [0.5, 0.6) is 0 Å². The van der Waals surface area contributed by atoms with Crippen molar-refractivity contribution in [1.82, 2.24) is 0 Å². The van der Waals surface area contributed by atoms with Crippen molar-refractivity contribution < 1.29 is 0 Å². The second-order valence-corrected chi connectivity index (χ2v) is 6.45. The van der Waals surface area contributed by atoms with Crippen LogP contribution in [0.1, 0.15) is 16.7 Å². The first-order valence-electron chi connectivity index (χ1n) is 6.36. The summed E-state index contributed by atoms with van der Waals surface area (Å²) in [6.45, 7) is 2.83. The van der Waals surface area contributed by atoms with Crippen LogP contribution in [0.2, 0.25) is 0 Å². The number of nitrogens with two attached hydrogens (primary N) is 1. The quantitative estimate of drug-likeness (QED) is 0.811. The van der Waals surface area contributed by atoms with Gasteiger partial charge >= 0.3 is 0 Å². The van der Waals surface area contributed by atoms with E-state index >= 15 is 0 Å². The maximum atomic E-state index is 5.58. The van der Waals surface area contributed by atoms with Gasteiger partial charge in [0, 0.05) is 15.1 Å². The molecule has 3 heteroatoms. The molecule has 0 amide bonds. The average Bonchev–Trinajstić information content (AvgIpc) is 2.38. The van der Waals surface area contributed by atoms with Gasteiger partial charge in [-0.1, -0.05) is 35.9 Å². The Bertz CT molecular complexity index is 554. The van der Waals surface area contributed by atoms with Gasteiger partial charge < -0.3 is 5.73 Å². The van der Waals surface area contributed by atoms with E-state index in [4.69, 9.17) is 5.73 Å². The van der Waals surface area contributed by atoms with Crippen molar-refractivity contribution in [3.05, 3.63) is 63.6 Å². The summed E-state index contributed by atoms with van der Waals surface area (Å²) in [6, 6.07) is 15.2. The lowest BCUT2D eigenvalue weighted by Crippen LogP contribution is -2.02. The Morgan fingerprint density at radius 3 is 2.63 bits per heavy atom. The molecule has 2 aromatic carbocycles. The molecule has 0 radical (unpaired) electrons. The van der Waals surface area contributed by atoms with E-state index in [1.165, 1.54) is 21.6 Å². The minimum absolute atomic E-state index is 0.697. The predicted octanol–water partition coefficient (Wildman–Crippen LogP) is 4.55. The summed E-state index contributed by atoms with van der Waals surface area (Å²) in [7, 11) is 0. The largest absolute Gasteiger partial charge is 0.330 e. The zero-order chi connectivity index (χ0) is 13.7. The van der Waals surface area contributed by atoms with E-state index in [1.807, 2.05) is 11.8 Å². The highest BCUT2D eigenvalue weighted by Gasteiger charge is 2.03. The van der Waals surface area contributed by atoms with Crippen molar-refractivity contribution in [3.63, 3.8) is 0 Å². The third kappa shape index (κ3) is 4.37. The van der Waals surface area contributed by atoms with Crippen molar-refractivity contribution in [2.75, 3.05) is 6.54 Å². The molecule has 0 saturated heterocycles. The van der Waals surface area contributed by atoms with Crippen LogP contribution in [0, 0.1) is 6.92 Å². The van der Waals surface area contributed by atoms with Crippen LogP contribution in [0.3, 0.4) is 0 Å². The molecule has 0 aliphatic heterocycles. The molecular formula is C16H18BrNS. The van der Waals surface area contributed by atoms with Crippen molar-refractivity contribution in [2.24, 2.45) is 5.73 Å². The number of benzene rings is 2. The average molecular weight is 336 g/mol. The Hall–Kier alpha value is -0.770. The van der Waals surface area contributed by atoms with Crippen LogP contribution in [0.15, 0.2) is 51.8 Å². The Balaban J connectivity index is 2.03. The molecule has 0 aliphatic rings. The van der Waals surface area contributed by atoms with E-state index in [-0.39, 0.29) is 0 Å². The van der Waals surface area contributed by atoms with E-state index in [0.29, 0.717) is 6.54 Å². The highest BCUT2D eigenvalue weighted by molar-refractivity contribution is 9.10. The van der Waals surface area contributed by atoms with Gasteiger partial charge in [-0.3, -0.25) is 0 Å². The Morgan fingerprint density at radius 1 is 1.11 bits per heavy atom. The van der Waals surface area contributed by atoms with Crippen molar-refractivity contribution in [1.29, 1.82) is 0 Å². The monoisotopic (exact) mass is 335 g/mol.